The number of anilines is 1. The molecule has 1 N–H and O–H groups in total. The fourth-order valence-corrected chi connectivity index (χ4v) is 3.34. The minimum absolute atomic E-state index is 0.00509. The Kier molecular flexibility index (Phi) is 6.58. The molecule has 0 bridgehead atoms. The Morgan fingerprint density at radius 3 is 2.39 bits per heavy atom. The molecule has 3 aromatic rings. The van der Waals surface area contributed by atoms with Gasteiger partial charge in [0.2, 0.25) is 5.91 Å². The number of nitrogens with one attached hydrogen (secondary N) is 1. The zero-order valence-electron chi connectivity index (χ0n) is 18.5. The molecule has 7 nitrogen and oxygen atoms in total. The Bertz CT molecular complexity index is 1340. The van der Waals surface area contributed by atoms with Gasteiger partial charge in [0.1, 0.15) is 17.2 Å². The summed E-state index contributed by atoms with van der Waals surface area (Å²) in [5, 5.41) is 14.8. The molecule has 36 heavy (non-hydrogen) atoms. The van der Waals surface area contributed by atoms with Crippen LogP contribution in [0.3, 0.4) is 0 Å². The predicted octanol–water partition coefficient (Wildman–Crippen LogP) is 4.96. The van der Waals surface area contributed by atoms with Crippen molar-refractivity contribution in [2.24, 2.45) is 5.92 Å². The molecule has 1 aliphatic rings. The Balaban J connectivity index is 1.61. The van der Waals surface area contributed by atoms with E-state index in [-0.39, 0.29) is 35.4 Å². The van der Waals surface area contributed by atoms with Crippen molar-refractivity contribution in [3.8, 4) is 11.8 Å². The summed E-state index contributed by atoms with van der Waals surface area (Å²) in [6, 6.07) is 11.6. The van der Waals surface area contributed by atoms with Gasteiger partial charge in [0.15, 0.2) is 5.78 Å². The maximum absolute atomic E-state index is 13.7. The lowest BCUT2D eigenvalue weighted by molar-refractivity contribution is -0.291. The van der Waals surface area contributed by atoms with Crippen molar-refractivity contribution in [1.29, 1.82) is 5.26 Å². The highest BCUT2D eigenvalue weighted by Gasteiger charge is 2.60. The minimum Gasteiger partial charge on any atom is -0.310 e. The monoisotopic (exact) mass is 503 g/mol. The van der Waals surface area contributed by atoms with Crippen LogP contribution in [0.25, 0.3) is 5.69 Å². The summed E-state index contributed by atoms with van der Waals surface area (Å²) in [5.41, 5.74) is -0.407. The van der Waals surface area contributed by atoms with E-state index in [0.29, 0.717) is 30.9 Å². The summed E-state index contributed by atoms with van der Waals surface area (Å²) in [6.45, 7) is 0. The van der Waals surface area contributed by atoms with Crippen LogP contribution >= 0.6 is 0 Å². The number of carbonyl (C=O) groups is 2. The number of alkyl halides is 5. The zero-order valence-corrected chi connectivity index (χ0v) is 18.5. The lowest BCUT2D eigenvalue weighted by Crippen LogP contribution is -2.34. The summed E-state index contributed by atoms with van der Waals surface area (Å²) >= 11 is 0. The van der Waals surface area contributed by atoms with Crippen molar-refractivity contribution < 1.29 is 31.5 Å². The fraction of sp³-hybridized carbons (Fsp3) is 0.292. The molecular weight excluding hydrogens is 485 g/mol. The SMILES string of the molecule is N#Cc1ccc(CCC(=O)c2cc(-n3ccc(C(F)(F)C(F)(F)F)n3)cc(NC(=O)C3CC3)n2)cc1. The van der Waals surface area contributed by atoms with Gasteiger partial charge in [-0.15, -0.1) is 0 Å². The first-order chi connectivity index (χ1) is 17.0. The van der Waals surface area contributed by atoms with Crippen LogP contribution < -0.4 is 5.32 Å². The van der Waals surface area contributed by atoms with Crippen LogP contribution in [0.15, 0.2) is 48.7 Å². The number of ketones is 1. The molecule has 0 saturated heterocycles. The van der Waals surface area contributed by atoms with Crippen LogP contribution in [-0.4, -0.2) is 32.6 Å². The number of aryl methyl sites for hydroxylation is 1. The van der Waals surface area contributed by atoms with E-state index in [1.165, 1.54) is 12.1 Å². The number of hydrogen-bond acceptors (Lipinski definition) is 5. The topological polar surface area (TPSA) is 101 Å². The zero-order chi connectivity index (χ0) is 26.1. The second-order valence-electron chi connectivity index (χ2n) is 8.31. The summed E-state index contributed by atoms with van der Waals surface area (Å²) in [4.78, 5) is 29.2. The van der Waals surface area contributed by atoms with Crippen LogP contribution in [0, 0.1) is 17.2 Å². The number of Topliss-reactive ketones (excluding diaryl/α,β-unsaturated/α-hetero) is 1. The Hall–Kier alpha value is -4.14. The number of nitrogens with zero attached hydrogens (tertiary/aromatic N) is 4. The van der Waals surface area contributed by atoms with Gasteiger partial charge in [0.25, 0.3) is 0 Å². The molecule has 1 aromatic carbocycles. The third-order valence-electron chi connectivity index (χ3n) is 5.55. The highest BCUT2D eigenvalue weighted by molar-refractivity contribution is 5.97. The molecule has 2 aromatic heterocycles. The third kappa shape index (κ3) is 5.40. The van der Waals surface area contributed by atoms with Gasteiger partial charge in [-0.2, -0.15) is 32.3 Å². The molecule has 0 spiro atoms. The van der Waals surface area contributed by atoms with Crippen molar-refractivity contribution in [3.05, 3.63) is 71.2 Å². The number of nitriles is 1. The summed E-state index contributed by atoms with van der Waals surface area (Å²) in [5.74, 6) is -6.20. The van der Waals surface area contributed by atoms with Crippen LogP contribution in [0.5, 0.6) is 0 Å². The number of halogens is 5. The quantitative estimate of drug-likeness (QED) is 0.346. The normalized spacial score (nSPS) is 13.8. The largest absolute Gasteiger partial charge is 0.459 e. The van der Waals surface area contributed by atoms with Gasteiger partial charge < -0.3 is 5.32 Å². The van der Waals surface area contributed by atoms with Crippen molar-refractivity contribution in [1.82, 2.24) is 14.8 Å². The Morgan fingerprint density at radius 2 is 1.78 bits per heavy atom. The molecule has 1 fully saturated rings. The lowest BCUT2D eigenvalue weighted by atomic mass is 10.0. The first kappa shape index (κ1) is 25.0. The highest BCUT2D eigenvalue weighted by atomic mass is 19.4. The molecule has 1 saturated carbocycles. The van der Waals surface area contributed by atoms with Crippen molar-refractivity contribution in [3.63, 3.8) is 0 Å². The second-order valence-corrected chi connectivity index (χ2v) is 8.31. The third-order valence-corrected chi connectivity index (χ3v) is 5.55. The van der Waals surface area contributed by atoms with Gasteiger partial charge in [0, 0.05) is 24.6 Å². The fourth-order valence-electron chi connectivity index (χ4n) is 3.34. The average molecular weight is 503 g/mol. The van der Waals surface area contributed by atoms with Crippen LogP contribution in [-0.2, 0) is 17.1 Å². The number of hydrogen-bond donors (Lipinski definition) is 1. The minimum atomic E-state index is -5.83. The molecule has 0 unspecified atom stereocenters. The maximum Gasteiger partial charge on any atom is 0.459 e. The molecule has 2 heterocycles. The molecule has 0 aliphatic heterocycles. The molecule has 12 heteroatoms. The maximum atomic E-state index is 13.7. The highest BCUT2D eigenvalue weighted by Crippen LogP contribution is 2.43. The average Bonchev–Trinajstić information content (AvgIpc) is 3.57. The van der Waals surface area contributed by atoms with E-state index in [4.69, 9.17) is 5.26 Å². The number of rotatable bonds is 8. The predicted molar refractivity (Wildman–Crippen MR) is 116 cm³/mol. The Labute approximate surface area is 201 Å². The second kappa shape index (κ2) is 9.49. The van der Waals surface area contributed by atoms with E-state index in [0.717, 1.165) is 16.4 Å². The van der Waals surface area contributed by atoms with E-state index in [9.17, 15) is 31.5 Å². The number of pyridine rings is 1. The number of aromatic nitrogens is 3. The van der Waals surface area contributed by atoms with Crippen LogP contribution in [0.2, 0.25) is 0 Å². The lowest BCUT2D eigenvalue weighted by Gasteiger charge is -2.17. The summed E-state index contributed by atoms with van der Waals surface area (Å²) in [6.07, 6.45) is -3.24. The number of carbonyl (C=O) groups excluding carboxylic acids is 2. The number of amides is 1. The number of benzene rings is 1. The molecule has 186 valence electrons. The van der Waals surface area contributed by atoms with E-state index in [1.807, 2.05) is 6.07 Å². The first-order valence-corrected chi connectivity index (χ1v) is 10.8. The molecule has 1 amide bonds. The molecule has 0 radical (unpaired) electrons. The van der Waals surface area contributed by atoms with Crippen molar-refractivity contribution in [2.75, 3.05) is 5.32 Å². The molecule has 1 aliphatic carbocycles. The van der Waals surface area contributed by atoms with Gasteiger partial charge in [0.05, 0.1) is 17.3 Å². The standard InChI is InChI=1S/C24H18F5N5O2/c25-23(26,24(27,28)29)20-9-10-34(33-20)17-11-18(31-21(12-17)32-22(36)16-6-7-16)19(35)8-5-14-1-3-15(13-30)4-2-14/h1-4,9-12,16H,5-8H2,(H,31,32,36). The van der Waals surface area contributed by atoms with Gasteiger partial charge in [-0.25, -0.2) is 9.67 Å². The van der Waals surface area contributed by atoms with Gasteiger partial charge in [-0.3, -0.25) is 9.59 Å². The molecular formula is C24H18F5N5O2. The van der Waals surface area contributed by atoms with E-state index in [2.05, 4.69) is 15.4 Å². The van der Waals surface area contributed by atoms with Gasteiger partial charge in [-0.1, -0.05) is 12.1 Å². The first-order valence-electron chi connectivity index (χ1n) is 10.8. The molecule has 4 rings (SSSR count). The van der Waals surface area contributed by atoms with Crippen LogP contribution in [0.4, 0.5) is 27.8 Å². The van der Waals surface area contributed by atoms with Gasteiger partial charge in [-0.05, 0) is 49.1 Å². The van der Waals surface area contributed by atoms with E-state index >= 15 is 0 Å². The smallest absolute Gasteiger partial charge is 0.310 e. The Morgan fingerprint density at radius 1 is 1.08 bits per heavy atom. The summed E-state index contributed by atoms with van der Waals surface area (Å²) in [7, 11) is 0. The van der Waals surface area contributed by atoms with Crippen LogP contribution in [0.1, 0.15) is 46.6 Å². The van der Waals surface area contributed by atoms with Crippen molar-refractivity contribution in [2.45, 2.75) is 37.8 Å². The van der Waals surface area contributed by atoms with E-state index < -0.39 is 23.6 Å². The summed E-state index contributed by atoms with van der Waals surface area (Å²) < 4.78 is 66.4. The molecule has 0 atom stereocenters. The van der Waals surface area contributed by atoms with Crippen molar-refractivity contribution >= 4 is 17.5 Å². The van der Waals surface area contributed by atoms with E-state index in [1.54, 1.807) is 24.3 Å². The van der Waals surface area contributed by atoms with Gasteiger partial charge >= 0.3 is 12.1 Å².